The van der Waals surface area contributed by atoms with Crippen LogP contribution in [0.25, 0.3) is 22.2 Å². The van der Waals surface area contributed by atoms with E-state index in [4.69, 9.17) is 14.2 Å². The van der Waals surface area contributed by atoms with Crippen LogP contribution >= 0.6 is 12.4 Å². The monoisotopic (exact) mass is 442 g/mol. The Bertz CT molecular complexity index is 1120. The highest BCUT2D eigenvalue weighted by molar-refractivity contribution is 6.27. The number of benzene rings is 2. The molecule has 0 unspecified atom stereocenters. The van der Waals surface area contributed by atoms with Crippen LogP contribution in [0.5, 0.6) is 17.2 Å². The summed E-state index contributed by atoms with van der Waals surface area (Å²) in [6, 6.07) is 9.54. The van der Waals surface area contributed by atoms with Crippen LogP contribution in [0.15, 0.2) is 30.3 Å². The van der Waals surface area contributed by atoms with E-state index in [0.717, 1.165) is 47.5 Å². The molecule has 2 heterocycles. The molecule has 0 spiro atoms. The molecule has 164 valence electrons. The molecule has 0 saturated carbocycles. The molecule has 1 aliphatic carbocycles. The van der Waals surface area contributed by atoms with E-state index in [1.54, 1.807) is 20.3 Å². The predicted octanol–water partition coefficient (Wildman–Crippen LogP) is 4.68. The molecule has 1 N–H and O–H groups in total. The van der Waals surface area contributed by atoms with Crippen molar-refractivity contribution in [3.63, 3.8) is 0 Å². The van der Waals surface area contributed by atoms with Gasteiger partial charge in [-0.05, 0) is 56.3 Å². The first-order valence-electron chi connectivity index (χ1n) is 10.5. The molecule has 3 aromatic rings. The van der Waals surface area contributed by atoms with E-state index in [0.29, 0.717) is 29.2 Å². The first-order valence-corrected chi connectivity index (χ1v) is 10.5. The van der Waals surface area contributed by atoms with E-state index >= 15 is 0 Å². The van der Waals surface area contributed by atoms with Crippen LogP contribution in [-0.4, -0.2) is 56.1 Å². The van der Waals surface area contributed by atoms with Gasteiger partial charge in [0.25, 0.3) is 0 Å². The van der Waals surface area contributed by atoms with Crippen LogP contribution in [-0.2, 0) is 0 Å². The molecule has 2 aliphatic rings. The summed E-state index contributed by atoms with van der Waals surface area (Å²) in [5, 5.41) is 0.889. The van der Waals surface area contributed by atoms with Crippen LogP contribution in [0.3, 0.4) is 0 Å². The number of piperidine rings is 1. The molecule has 0 radical (unpaired) electrons. The van der Waals surface area contributed by atoms with Crippen LogP contribution < -0.4 is 14.2 Å². The fraction of sp³-hybridized carbons (Fsp3) is 0.375. The van der Waals surface area contributed by atoms with E-state index in [1.165, 1.54) is 19.3 Å². The highest BCUT2D eigenvalue weighted by atomic mass is 35.5. The number of carbonyl (C=O) groups excluding carboxylic acids is 1. The molecule has 1 aliphatic heterocycles. The third kappa shape index (κ3) is 3.75. The van der Waals surface area contributed by atoms with Gasteiger partial charge in [0.05, 0.1) is 25.5 Å². The van der Waals surface area contributed by atoms with E-state index < -0.39 is 0 Å². The Labute approximate surface area is 187 Å². The summed E-state index contributed by atoms with van der Waals surface area (Å²) in [5.74, 6) is 1.95. The van der Waals surface area contributed by atoms with Gasteiger partial charge in [0.15, 0.2) is 17.3 Å². The van der Waals surface area contributed by atoms with Crippen molar-refractivity contribution < 1.29 is 19.0 Å². The number of aromatic amines is 1. The summed E-state index contributed by atoms with van der Waals surface area (Å²) >= 11 is 0. The molecular weight excluding hydrogens is 416 g/mol. The van der Waals surface area contributed by atoms with Gasteiger partial charge in [0.2, 0.25) is 0 Å². The average molecular weight is 443 g/mol. The van der Waals surface area contributed by atoms with Crippen molar-refractivity contribution in [3.05, 3.63) is 41.5 Å². The number of nitrogens with one attached hydrogen (secondary N) is 1. The minimum atomic E-state index is -0.00216. The number of likely N-dealkylation sites (tertiary alicyclic amines) is 1. The topological polar surface area (TPSA) is 63.8 Å². The summed E-state index contributed by atoms with van der Waals surface area (Å²) in [7, 11) is 3.17. The normalized spacial score (nSPS) is 15.4. The van der Waals surface area contributed by atoms with Crippen LogP contribution in [0, 0.1) is 0 Å². The molecule has 31 heavy (non-hydrogen) atoms. The van der Waals surface area contributed by atoms with Crippen molar-refractivity contribution in [2.45, 2.75) is 19.3 Å². The van der Waals surface area contributed by atoms with Gasteiger partial charge < -0.3 is 19.2 Å². The maximum absolute atomic E-state index is 13.2. The van der Waals surface area contributed by atoms with Crippen LogP contribution in [0.1, 0.15) is 35.2 Å². The summed E-state index contributed by atoms with van der Waals surface area (Å²) in [5.41, 5.74) is 3.93. The molecule has 1 aromatic heterocycles. The summed E-state index contributed by atoms with van der Waals surface area (Å²) < 4.78 is 16.8. The third-order valence-electron chi connectivity index (χ3n) is 6.16. The maximum Gasteiger partial charge on any atom is 0.196 e. The molecule has 2 aromatic carbocycles. The minimum Gasteiger partial charge on any atom is -0.493 e. The average Bonchev–Trinajstić information content (AvgIpc) is 3.28. The highest BCUT2D eigenvalue weighted by Gasteiger charge is 2.32. The summed E-state index contributed by atoms with van der Waals surface area (Å²) in [4.78, 5) is 19.1. The fourth-order valence-electron chi connectivity index (χ4n) is 4.58. The lowest BCUT2D eigenvalue weighted by molar-refractivity contribution is 0.104. The molecule has 0 bridgehead atoms. The van der Waals surface area contributed by atoms with E-state index in [9.17, 15) is 4.79 Å². The lowest BCUT2D eigenvalue weighted by Gasteiger charge is -2.26. The molecular formula is C24H27ClN2O4. The highest BCUT2D eigenvalue weighted by Crippen LogP contribution is 2.45. The van der Waals surface area contributed by atoms with Crippen molar-refractivity contribution in [3.8, 4) is 28.5 Å². The number of ether oxygens (including phenoxy) is 3. The molecule has 6 nitrogen and oxygen atoms in total. The van der Waals surface area contributed by atoms with Gasteiger partial charge in [0, 0.05) is 28.6 Å². The van der Waals surface area contributed by atoms with E-state index in [-0.39, 0.29) is 18.2 Å². The second-order valence-electron chi connectivity index (χ2n) is 7.92. The second kappa shape index (κ2) is 8.81. The Kier molecular flexibility index (Phi) is 6.12. The molecule has 1 fully saturated rings. The van der Waals surface area contributed by atoms with Gasteiger partial charge in [-0.25, -0.2) is 0 Å². The van der Waals surface area contributed by atoms with E-state index in [2.05, 4.69) is 9.88 Å². The quantitative estimate of drug-likeness (QED) is 0.469. The standard InChI is InChI=1S/C24H26N2O4.ClH/c1-28-20-13-16-17(14-21(20)29-2)24(27)22-18-12-15(6-7-19(18)25-23(16)22)30-11-10-26-8-4-3-5-9-26;/h6-7,12-14,25H,3-5,8-11H2,1-2H3;1H. The Morgan fingerprint density at radius 2 is 1.68 bits per heavy atom. The number of hydrogen-bond donors (Lipinski definition) is 1. The second-order valence-corrected chi connectivity index (χ2v) is 7.92. The Balaban J connectivity index is 0.00000231. The largest absolute Gasteiger partial charge is 0.493 e. The molecule has 5 rings (SSSR count). The van der Waals surface area contributed by atoms with Crippen molar-refractivity contribution in [2.75, 3.05) is 40.5 Å². The number of nitrogens with zero attached hydrogens (tertiary/aromatic N) is 1. The molecule has 7 heteroatoms. The number of aromatic nitrogens is 1. The number of H-pyrrole nitrogens is 1. The summed E-state index contributed by atoms with van der Waals surface area (Å²) in [6.45, 7) is 3.91. The lowest BCUT2D eigenvalue weighted by atomic mass is 10.1. The zero-order valence-corrected chi connectivity index (χ0v) is 18.6. The SMILES string of the molecule is COc1cc2c(cc1OC)-c1[nH]c3ccc(OCCN4CCCCC4)cc3c1C2=O.Cl. The van der Waals surface area contributed by atoms with Crippen LogP contribution in [0.4, 0.5) is 0 Å². The van der Waals surface area contributed by atoms with E-state index in [1.807, 2.05) is 24.3 Å². The maximum atomic E-state index is 13.2. The third-order valence-corrected chi connectivity index (χ3v) is 6.16. The fourth-order valence-corrected chi connectivity index (χ4v) is 4.58. The smallest absolute Gasteiger partial charge is 0.196 e. The van der Waals surface area contributed by atoms with Crippen molar-refractivity contribution in [2.24, 2.45) is 0 Å². The predicted molar refractivity (Wildman–Crippen MR) is 123 cm³/mol. The Morgan fingerprint density at radius 3 is 2.39 bits per heavy atom. The van der Waals surface area contributed by atoms with Gasteiger partial charge in [-0.2, -0.15) is 0 Å². The number of rotatable bonds is 6. The van der Waals surface area contributed by atoms with Gasteiger partial charge >= 0.3 is 0 Å². The summed E-state index contributed by atoms with van der Waals surface area (Å²) in [6.07, 6.45) is 3.89. The van der Waals surface area contributed by atoms with Crippen molar-refractivity contribution in [1.29, 1.82) is 0 Å². The number of halogens is 1. The van der Waals surface area contributed by atoms with Gasteiger partial charge in [0.1, 0.15) is 12.4 Å². The van der Waals surface area contributed by atoms with Crippen LogP contribution in [0.2, 0.25) is 0 Å². The molecule has 1 saturated heterocycles. The van der Waals surface area contributed by atoms with Gasteiger partial charge in [-0.3, -0.25) is 9.69 Å². The zero-order valence-electron chi connectivity index (χ0n) is 17.8. The molecule has 0 amide bonds. The number of carbonyl (C=O) groups is 1. The number of methoxy groups -OCH3 is 2. The Hall–Kier alpha value is -2.70. The van der Waals surface area contributed by atoms with Gasteiger partial charge in [-0.15, -0.1) is 12.4 Å². The first-order chi connectivity index (χ1) is 14.7. The van der Waals surface area contributed by atoms with Crippen molar-refractivity contribution >= 4 is 29.1 Å². The minimum absolute atomic E-state index is 0. The van der Waals surface area contributed by atoms with Crippen molar-refractivity contribution in [1.82, 2.24) is 9.88 Å². The lowest BCUT2D eigenvalue weighted by Crippen LogP contribution is -2.33. The number of fused-ring (bicyclic) bond motifs is 5. The zero-order chi connectivity index (χ0) is 20.7. The number of ketones is 1. The Morgan fingerprint density at radius 1 is 0.968 bits per heavy atom. The number of hydrogen-bond acceptors (Lipinski definition) is 5. The first kappa shape index (κ1) is 21.5. The van der Waals surface area contributed by atoms with Gasteiger partial charge in [-0.1, -0.05) is 6.42 Å². The molecule has 0 atom stereocenters.